The van der Waals surface area contributed by atoms with E-state index in [1.165, 1.54) is 15.9 Å². The van der Waals surface area contributed by atoms with Crippen molar-refractivity contribution >= 4 is 31.2 Å². The third-order valence-corrected chi connectivity index (χ3v) is 9.47. The van der Waals surface area contributed by atoms with E-state index in [0.29, 0.717) is 0 Å². The summed E-state index contributed by atoms with van der Waals surface area (Å²) >= 11 is 0. The van der Waals surface area contributed by atoms with Crippen LogP contribution in [0.15, 0.2) is 91.0 Å². The second-order valence-corrected chi connectivity index (χ2v) is 15.8. The molecule has 27 heavy (non-hydrogen) atoms. The summed E-state index contributed by atoms with van der Waals surface area (Å²) in [5.41, 5.74) is 3.60. The van der Waals surface area contributed by atoms with Crippen molar-refractivity contribution in [1.82, 2.24) is 0 Å². The van der Waals surface area contributed by atoms with Crippen molar-refractivity contribution in [2.24, 2.45) is 0 Å². The van der Waals surface area contributed by atoms with Gasteiger partial charge < -0.3 is 17.0 Å². The number of halogens is 1. The molecule has 0 amide bonds. The van der Waals surface area contributed by atoms with E-state index in [1.54, 1.807) is 0 Å². The molecule has 0 saturated carbocycles. The van der Waals surface area contributed by atoms with Crippen molar-refractivity contribution in [3.05, 3.63) is 91.0 Å². The Morgan fingerprint density at radius 3 is 1.26 bits per heavy atom. The predicted octanol–water partition coefficient (Wildman–Crippen LogP) is 1.87. The average molecular weight is 453 g/mol. The molecule has 0 aromatic heterocycles. The lowest BCUT2D eigenvalue weighted by molar-refractivity contribution is -0.00000536. The Morgan fingerprint density at radius 2 is 0.963 bits per heavy atom. The van der Waals surface area contributed by atoms with Crippen molar-refractivity contribution < 1.29 is 17.0 Å². The van der Waals surface area contributed by atoms with Crippen LogP contribution in [0.1, 0.15) is 0 Å². The molecule has 0 heterocycles. The highest BCUT2D eigenvalue weighted by molar-refractivity contribution is 7.95. The second kappa shape index (κ2) is 9.51. The summed E-state index contributed by atoms with van der Waals surface area (Å²) in [5.74, 6) is 3.62. The summed E-state index contributed by atoms with van der Waals surface area (Å²) in [4.78, 5) is 0. The van der Waals surface area contributed by atoms with Crippen LogP contribution in [0, 0.1) is 11.5 Å². The number of benzene rings is 3. The van der Waals surface area contributed by atoms with Crippen LogP contribution in [0.2, 0.25) is 19.6 Å². The smallest absolute Gasteiger partial charge is 0.133 e. The first kappa shape index (κ1) is 21.6. The molecular formula is C24H26BrPSi. The van der Waals surface area contributed by atoms with E-state index >= 15 is 0 Å². The Balaban J connectivity index is 0.00000261. The van der Waals surface area contributed by atoms with Gasteiger partial charge in [-0.05, 0) is 36.4 Å². The Kier molecular flexibility index (Phi) is 7.63. The van der Waals surface area contributed by atoms with Crippen molar-refractivity contribution in [1.29, 1.82) is 0 Å². The van der Waals surface area contributed by atoms with E-state index in [9.17, 15) is 0 Å². The zero-order valence-corrected chi connectivity index (χ0v) is 19.7. The summed E-state index contributed by atoms with van der Waals surface area (Å²) in [7, 11) is -3.19. The first-order valence-corrected chi connectivity index (χ1v) is 14.5. The van der Waals surface area contributed by atoms with Gasteiger partial charge in [-0.25, -0.2) is 0 Å². The zero-order valence-electron chi connectivity index (χ0n) is 16.2. The van der Waals surface area contributed by atoms with Crippen LogP contribution in [-0.4, -0.2) is 14.2 Å². The standard InChI is InChI=1S/C24H26PSi.BrH/c1-26(2,3)21-13-20-25(22-14-7-4-8-15-22,23-16-9-5-10-17-23)24-18-11-6-12-19-24;/h4-12,14-19H,20H2,1-3H3;1H/q+1;/p-1. The van der Waals surface area contributed by atoms with E-state index in [4.69, 9.17) is 0 Å². The van der Waals surface area contributed by atoms with Gasteiger partial charge in [0.05, 0.1) is 0 Å². The molecule has 0 bridgehead atoms. The molecule has 3 heteroatoms. The summed E-state index contributed by atoms with van der Waals surface area (Å²) < 4.78 is 0. The molecule has 0 saturated heterocycles. The van der Waals surface area contributed by atoms with Gasteiger partial charge in [0.1, 0.15) is 37.4 Å². The van der Waals surface area contributed by atoms with Crippen molar-refractivity contribution in [2.45, 2.75) is 19.6 Å². The molecule has 0 aliphatic carbocycles. The first-order valence-electron chi connectivity index (χ1n) is 9.07. The molecule has 0 spiro atoms. The van der Waals surface area contributed by atoms with Crippen molar-refractivity contribution in [3.63, 3.8) is 0 Å². The van der Waals surface area contributed by atoms with Gasteiger partial charge in [-0.3, -0.25) is 0 Å². The predicted molar refractivity (Wildman–Crippen MR) is 121 cm³/mol. The van der Waals surface area contributed by atoms with Crippen LogP contribution >= 0.6 is 7.26 Å². The average Bonchev–Trinajstić information content (AvgIpc) is 2.67. The molecule has 0 atom stereocenters. The monoisotopic (exact) mass is 452 g/mol. The molecule has 138 valence electrons. The minimum absolute atomic E-state index is 0. The molecule has 0 nitrogen and oxygen atoms in total. The van der Waals surface area contributed by atoms with Crippen LogP contribution in [0.3, 0.4) is 0 Å². The Labute approximate surface area is 176 Å². The third kappa shape index (κ3) is 5.20. The van der Waals surface area contributed by atoms with Gasteiger partial charge in [0.15, 0.2) is 0 Å². The lowest BCUT2D eigenvalue weighted by Crippen LogP contribution is -3.00. The summed E-state index contributed by atoms with van der Waals surface area (Å²) in [6, 6.07) is 32.9. The molecule has 0 N–H and O–H groups in total. The maximum absolute atomic E-state index is 3.62. The van der Waals surface area contributed by atoms with Gasteiger partial charge >= 0.3 is 0 Å². The minimum Gasteiger partial charge on any atom is -1.00 e. The zero-order chi connectivity index (χ0) is 18.5. The van der Waals surface area contributed by atoms with E-state index in [2.05, 4.69) is 122 Å². The van der Waals surface area contributed by atoms with Gasteiger partial charge in [-0.15, -0.1) is 5.54 Å². The largest absolute Gasteiger partial charge is 1.00 e. The summed E-state index contributed by atoms with van der Waals surface area (Å²) in [5, 5.41) is 4.21. The van der Waals surface area contributed by atoms with Gasteiger partial charge in [0.2, 0.25) is 0 Å². The Morgan fingerprint density at radius 1 is 0.630 bits per heavy atom. The molecule has 3 aromatic rings. The van der Waals surface area contributed by atoms with Crippen LogP contribution in [0.25, 0.3) is 0 Å². The Hall–Kier alpha value is -1.65. The van der Waals surface area contributed by atoms with Gasteiger partial charge in [0, 0.05) is 0 Å². The Bertz CT molecular complexity index is 794. The fraction of sp³-hybridized carbons (Fsp3) is 0.167. The quantitative estimate of drug-likeness (QED) is 0.322. The molecule has 0 fully saturated rings. The molecule has 3 aromatic carbocycles. The summed E-state index contributed by atoms with van der Waals surface area (Å²) in [6.45, 7) is 6.94. The highest BCUT2D eigenvalue weighted by Crippen LogP contribution is 2.54. The summed E-state index contributed by atoms with van der Waals surface area (Å²) in [6.07, 6.45) is 0.898. The molecule has 0 aliphatic rings. The number of hydrogen-bond acceptors (Lipinski definition) is 0. The normalized spacial score (nSPS) is 11.1. The van der Waals surface area contributed by atoms with Crippen LogP contribution in [-0.2, 0) is 0 Å². The van der Waals surface area contributed by atoms with Gasteiger partial charge in [0.25, 0.3) is 0 Å². The molecule has 0 aliphatic heterocycles. The third-order valence-electron chi connectivity index (χ3n) is 4.37. The molecule has 0 unspecified atom stereocenters. The molecule has 0 radical (unpaired) electrons. The van der Waals surface area contributed by atoms with E-state index < -0.39 is 15.3 Å². The van der Waals surface area contributed by atoms with E-state index in [-0.39, 0.29) is 17.0 Å². The first-order chi connectivity index (χ1) is 12.5. The van der Waals surface area contributed by atoms with Crippen LogP contribution in [0.5, 0.6) is 0 Å². The maximum Gasteiger partial charge on any atom is 0.133 e. The molecule has 3 rings (SSSR count). The number of rotatable bonds is 4. The highest BCUT2D eigenvalue weighted by Gasteiger charge is 2.44. The molecular weight excluding hydrogens is 427 g/mol. The lowest BCUT2D eigenvalue weighted by atomic mass is 10.4. The fourth-order valence-electron chi connectivity index (χ4n) is 3.19. The SMILES string of the molecule is C[Si](C)(C)C#CC[P+](c1ccccc1)(c1ccccc1)c1ccccc1.[Br-]. The van der Waals surface area contributed by atoms with E-state index in [1.807, 2.05) is 0 Å². The van der Waals surface area contributed by atoms with E-state index in [0.717, 1.165) is 6.16 Å². The van der Waals surface area contributed by atoms with Gasteiger partial charge in [-0.1, -0.05) is 80.2 Å². The van der Waals surface area contributed by atoms with Gasteiger partial charge in [-0.2, -0.15) is 0 Å². The van der Waals surface area contributed by atoms with Crippen molar-refractivity contribution in [2.75, 3.05) is 6.16 Å². The highest BCUT2D eigenvalue weighted by atomic mass is 79.9. The minimum atomic E-state index is -1.79. The number of hydrogen-bond donors (Lipinski definition) is 0. The second-order valence-electron chi connectivity index (χ2n) is 7.53. The lowest BCUT2D eigenvalue weighted by Gasteiger charge is -2.25. The van der Waals surface area contributed by atoms with Crippen LogP contribution < -0.4 is 32.9 Å². The van der Waals surface area contributed by atoms with Crippen molar-refractivity contribution in [3.8, 4) is 11.5 Å². The van der Waals surface area contributed by atoms with Crippen LogP contribution in [0.4, 0.5) is 0 Å². The topological polar surface area (TPSA) is 0 Å². The maximum atomic E-state index is 3.62. The fourth-order valence-corrected chi connectivity index (χ4v) is 7.76.